The molecule has 1 N–H and O–H groups in total. The van der Waals surface area contributed by atoms with Gasteiger partial charge in [0.05, 0.1) is 5.76 Å². The third kappa shape index (κ3) is 5.72. The van der Waals surface area contributed by atoms with Gasteiger partial charge in [0.15, 0.2) is 5.78 Å². The minimum Gasteiger partial charge on any atom is -0.512 e. The van der Waals surface area contributed by atoms with Crippen molar-refractivity contribution in [1.29, 1.82) is 0 Å². The van der Waals surface area contributed by atoms with E-state index in [1.165, 1.54) is 62.0 Å². The molecule has 0 spiro atoms. The van der Waals surface area contributed by atoms with Gasteiger partial charge in [0.2, 0.25) is 0 Å². The van der Waals surface area contributed by atoms with Crippen LogP contribution in [0.15, 0.2) is 72.6 Å². The van der Waals surface area contributed by atoms with E-state index >= 15 is 0 Å². The Labute approximate surface area is 248 Å². The Morgan fingerprint density at radius 1 is 0.923 bits per heavy atom. The van der Waals surface area contributed by atoms with Crippen molar-refractivity contribution in [1.82, 2.24) is 4.98 Å². The molecule has 6 rings (SSSR count). The number of aliphatic hydroxyl groups excluding tert-OH is 1. The summed E-state index contributed by atoms with van der Waals surface area (Å²) in [5.41, 5.74) is 5.74. The van der Waals surface area contributed by atoms with Gasteiger partial charge in [0, 0.05) is 52.6 Å². The van der Waals surface area contributed by atoms with Crippen molar-refractivity contribution in [2.24, 2.45) is 10.8 Å². The second-order valence-electron chi connectivity index (χ2n) is 11.7. The van der Waals surface area contributed by atoms with Crippen molar-refractivity contribution in [2.45, 2.75) is 54.4 Å². The number of allylic oxidation sites excluding steroid dienone is 2. The molecule has 1 aliphatic rings. The average molecular weight is 713 g/mol. The van der Waals surface area contributed by atoms with Gasteiger partial charge in [-0.3, -0.25) is 4.79 Å². The van der Waals surface area contributed by atoms with Gasteiger partial charge >= 0.3 is 0 Å². The van der Waals surface area contributed by atoms with E-state index in [1.54, 1.807) is 0 Å². The Bertz CT molecular complexity index is 1710. The molecule has 39 heavy (non-hydrogen) atoms. The zero-order valence-electron chi connectivity index (χ0n) is 23.3. The number of rotatable bonds is 2. The number of thiophene rings is 1. The van der Waals surface area contributed by atoms with Gasteiger partial charge in [0.25, 0.3) is 0 Å². The number of benzene rings is 3. The van der Waals surface area contributed by atoms with Gasteiger partial charge in [-0.15, -0.1) is 47.2 Å². The molecule has 0 fully saturated rings. The van der Waals surface area contributed by atoms with E-state index < -0.39 is 0 Å². The molecule has 1 radical (unpaired) electrons. The number of ketones is 1. The molecule has 0 unspecified atom stereocenters. The van der Waals surface area contributed by atoms with E-state index in [2.05, 4.69) is 76.2 Å². The van der Waals surface area contributed by atoms with Crippen molar-refractivity contribution >= 4 is 48.1 Å². The Morgan fingerprint density at radius 3 is 2.15 bits per heavy atom. The summed E-state index contributed by atoms with van der Waals surface area (Å²) >= 11 is 1.92. The zero-order chi connectivity index (χ0) is 27.2. The Balaban J connectivity index is 0.000000394. The predicted molar refractivity (Wildman–Crippen MR) is 161 cm³/mol. The minimum atomic E-state index is -0.125. The summed E-state index contributed by atoms with van der Waals surface area (Å²) in [5.74, 6) is -0.0625. The molecule has 2 aromatic heterocycles. The summed E-state index contributed by atoms with van der Waals surface area (Å²) in [4.78, 5) is 14.7. The summed E-state index contributed by atoms with van der Waals surface area (Å²) in [6.45, 7) is 12.5. The van der Waals surface area contributed by atoms with Gasteiger partial charge in [-0.1, -0.05) is 33.8 Å². The molecule has 0 bridgehead atoms. The molecule has 3 aromatic carbocycles. The second kappa shape index (κ2) is 11.0. The van der Waals surface area contributed by atoms with Gasteiger partial charge in [-0.05, 0) is 89.4 Å². The molecular formula is C34H34IrNO2S-. The van der Waals surface area contributed by atoms with E-state index in [0.29, 0.717) is 10.8 Å². The molecule has 1 aliphatic carbocycles. The van der Waals surface area contributed by atoms with Crippen LogP contribution in [0.5, 0.6) is 0 Å². The van der Waals surface area contributed by atoms with E-state index in [-0.39, 0.29) is 31.6 Å². The summed E-state index contributed by atoms with van der Waals surface area (Å²) in [7, 11) is 0. The summed E-state index contributed by atoms with van der Waals surface area (Å²) in [6.07, 6.45) is 5.38. The number of hydrogen-bond acceptors (Lipinski definition) is 4. The number of pyridine rings is 1. The number of aromatic nitrogens is 1. The molecule has 203 valence electrons. The maximum Gasteiger partial charge on any atom is 0.155 e. The average Bonchev–Trinajstić information content (AvgIpc) is 3.17. The first-order chi connectivity index (χ1) is 17.9. The molecule has 3 nitrogen and oxygen atoms in total. The Kier molecular flexibility index (Phi) is 8.19. The third-order valence-electron chi connectivity index (χ3n) is 8.15. The molecule has 0 saturated heterocycles. The second-order valence-corrected chi connectivity index (χ2v) is 12.8. The van der Waals surface area contributed by atoms with Crippen LogP contribution in [0.25, 0.3) is 42.2 Å². The van der Waals surface area contributed by atoms with Crippen LogP contribution in [0.2, 0.25) is 0 Å². The third-order valence-corrected chi connectivity index (χ3v) is 9.27. The van der Waals surface area contributed by atoms with Crippen molar-refractivity contribution in [3.05, 3.63) is 89.8 Å². The Hall–Kier alpha value is -2.85. The fourth-order valence-electron chi connectivity index (χ4n) is 5.38. The molecule has 2 heterocycles. The number of fused-ring (bicyclic) bond motifs is 5. The summed E-state index contributed by atoms with van der Waals surface area (Å²) < 4.78 is 2.76. The summed E-state index contributed by atoms with van der Waals surface area (Å²) in [5, 5.41) is 13.6. The molecule has 5 aromatic rings. The van der Waals surface area contributed by atoms with Crippen LogP contribution in [0, 0.1) is 16.9 Å². The number of nitrogens with zero attached hydrogens (tertiary/aromatic N) is 1. The normalized spacial score (nSPS) is 15.8. The van der Waals surface area contributed by atoms with Crippen LogP contribution in [0.3, 0.4) is 0 Å². The Morgan fingerprint density at radius 2 is 1.56 bits per heavy atom. The first kappa shape index (κ1) is 29.1. The zero-order valence-corrected chi connectivity index (χ0v) is 26.5. The van der Waals surface area contributed by atoms with Crippen LogP contribution in [-0.2, 0) is 37.7 Å². The SMILES string of the molecule is CC(=O)/C=C(/C)O.CC1(C)Cc2cc3sc4cc5ccnc(-c6[c-]cccc6)c5cc4c3cc2CC1(C)C.[Ir]. The smallest absolute Gasteiger partial charge is 0.155 e. The van der Waals surface area contributed by atoms with Crippen molar-refractivity contribution in [3.8, 4) is 11.3 Å². The van der Waals surface area contributed by atoms with Gasteiger partial charge in [-0.2, -0.15) is 0 Å². The van der Waals surface area contributed by atoms with Crippen LogP contribution < -0.4 is 0 Å². The monoisotopic (exact) mass is 713 g/mol. The van der Waals surface area contributed by atoms with E-state index in [4.69, 9.17) is 10.1 Å². The number of carbonyl (C=O) groups is 1. The molecule has 0 aliphatic heterocycles. The fraction of sp³-hybridized carbons (Fsp3) is 0.294. The predicted octanol–water partition coefficient (Wildman–Crippen LogP) is 9.26. The maximum absolute atomic E-state index is 10.0. The molecule has 0 atom stereocenters. The fourth-order valence-corrected chi connectivity index (χ4v) is 6.57. The van der Waals surface area contributed by atoms with Crippen molar-refractivity contribution < 1.29 is 30.0 Å². The first-order valence-electron chi connectivity index (χ1n) is 13.1. The van der Waals surface area contributed by atoms with Gasteiger partial charge in [-0.25, -0.2) is 0 Å². The van der Waals surface area contributed by atoms with Crippen LogP contribution >= 0.6 is 11.3 Å². The van der Waals surface area contributed by atoms with Crippen LogP contribution in [0.1, 0.15) is 52.7 Å². The number of hydrogen-bond donors (Lipinski definition) is 1. The molecule has 5 heteroatoms. The molecule has 0 amide bonds. The van der Waals surface area contributed by atoms with Crippen molar-refractivity contribution in [3.63, 3.8) is 0 Å². The largest absolute Gasteiger partial charge is 0.512 e. The van der Waals surface area contributed by atoms with Gasteiger partial charge < -0.3 is 10.1 Å². The first-order valence-corrected chi connectivity index (χ1v) is 13.9. The van der Waals surface area contributed by atoms with Crippen LogP contribution in [0.4, 0.5) is 0 Å². The minimum absolute atomic E-state index is 0. The number of carbonyl (C=O) groups excluding carboxylic acids is 1. The molecule has 0 saturated carbocycles. The molecular weight excluding hydrogens is 679 g/mol. The topological polar surface area (TPSA) is 50.2 Å². The van der Waals surface area contributed by atoms with E-state index in [0.717, 1.165) is 24.1 Å². The standard InChI is InChI=1S/C29H26NS.C5H8O2.Ir/c1-28(2)16-20-12-23-24-15-22-19(10-11-30-27(22)18-8-6-5-7-9-18)13-25(24)31-26(23)14-21(20)17-29(28,3)4;1-4(6)3-5(2)7;/h5-8,10-15H,16-17H2,1-4H3;3,6H,1-2H3;/q-1;;/b;4-3-;. The maximum atomic E-state index is 10.0. The van der Waals surface area contributed by atoms with E-state index in [1.807, 2.05) is 29.7 Å². The quantitative estimate of drug-likeness (QED) is 0.113. The van der Waals surface area contributed by atoms with Crippen LogP contribution in [-0.4, -0.2) is 15.9 Å². The van der Waals surface area contributed by atoms with Crippen molar-refractivity contribution in [2.75, 3.05) is 0 Å². The van der Waals surface area contributed by atoms with Gasteiger partial charge in [0.1, 0.15) is 0 Å². The van der Waals surface area contributed by atoms with E-state index in [9.17, 15) is 4.79 Å². The number of aliphatic hydroxyl groups is 1. The summed E-state index contributed by atoms with van der Waals surface area (Å²) in [6, 6.07) is 23.3.